The molecule has 1 unspecified atom stereocenters. The molecule has 1 fully saturated rings. The molecule has 1 saturated heterocycles. The van der Waals surface area contributed by atoms with Gasteiger partial charge in [0.25, 0.3) is 0 Å². The number of hydrogen-bond acceptors (Lipinski definition) is 3. The van der Waals surface area contributed by atoms with Crippen LogP contribution >= 0.6 is 0 Å². The molecular formula is C27H34N2O2S. The summed E-state index contributed by atoms with van der Waals surface area (Å²) in [6, 6.07) is 17.9. The summed E-state index contributed by atoms with van der Waals surface area (Å²) in [7, 11) is -1.70. The lowest BCUT2D eigenvalue weighted by molar-refractivity contribution is 0.198. The zero-order valence-electron chi connectivity index (χ0n) is 19.6. The van der Waals surface area contributed by atoms with Gasteiger partial charge in [0.15, 0.2) is 0 Å². The van der Waals surface area contributed by atoms with Gasteiger partial charge in [-0.15, -0.1) is 0 Å². The average Bonchev–Trinajstić information content (AvgIpc) is 2.78. The Labute approximate surface area is 193 Å². The molecule has 1 aliphatic heterocycles. The molecule has 2 aromatic rings. The number of benzene rings is 2. The Hall–Kier alpha value is -2.24. The van der Waals surface area contributed by atoms with Crippen molar-refractivity contribution in [2.45, 2.75) is 56.8 Å². The van der Waals surface area contributed by atoms with Gasteiger partial charge in [0.05, 0.1) is 4.90 Å². The van der Waals surface area contributed by atoms with E-state index in [-0.39, 0.29) is 10.8 Å². The van der Waals surface area contributed by atoms with Gasteiger partial charge in [0, 0.05) is 31.3 Å². The van der Waals surface area contributed by atoms with E-state index in [1.54, 1.807) is 16.4 Å². The number of nitrogens with zero attached hydrogens (tertiary/aromatic N) is 2. The molecule has 0 saturated carbocycles. The Morgan fingerprint density at radius 1 is 1.00 bits per heavy atom. The monoisotopic (exact) mass is 450 g/mol. The van der Waals surface area contributed by atoms with Gasteiger partial charge in [-0.05, 0) is 60.4 Å². The highest BCUT2D eigenvalue weighted by atomic mass is 32.2. The minimum Gasteiger partial charge on any atom is -0.293 e. The molecule has 1 heterocycles. The summed E-state index contributed by atoms with van der Waals surface area (Å²) in [6.45, 7) is 7.45. The molecule has 170 valence electrons. The van der Waals surface area contributed by atoms with Crippen LogP contribution in [0.1, 0.15) is 51.2 Å². The van der Waals surface area contributed by atoms with Crippen molar-refractivity contribution in [2.24, 2.45) is 10.4 Å². The van der Waals surface area contributed by atoms with Crippen LogP contribution < -0.4 is 0 Å². The molecule has 0 bridgehead atoms. The van der Waals surface area contributed by atoms with Crippen molar-refractivity contribution in [3.8, 4) is 0 Å². The molecule has 1 aliphatic carbocycles. The van der Waals surface area contributed by atoms with Crippen molar-refractivity contribution in [1.29, 1.82) is 0 Å². The third kappa shape index (κ3) is 4.46. The predicted molar refractivity (Wildman–Crippen MR) is 132 cm³/mol. The van der Waals surface area contributed by atoms with Crippen LogP contribution in [0.25, 0.3) is 0 Å². The molecular weight excluding hydrogens is 416 g/mol. The summed E-state index contributed by atoms with van der Waals surface area (Å²) in [5.74, 6) is 0. The summed E-state index contributed by atoms with van der Waals surface area (Å²) in [5.41, 5.74) is 4.68. The first kappa shape index (κ1) is 22.9. The molecule has 0 radical (unpaired) electrons. The molecule has 2 aliphatic rings. The Kier molecular flexibility index (Phi) is 6.17. The molecule has 0 aromatic heterocycles. The van der Waals surface area contributed by atoms with Gasteiger partial charge < -0.3 is 0 Å². The van der Waals surface area contributed by atoms with Crippen LogP contribution in [0.2, 0.25) is 0 Å². The molecule has 32 heavy (non-hydrogen) atoms. The van der Waals surface area contributed by atoms with Gasteiger partial charge >= 0.3 is 0 Å². The van der Waals surface area contributed by atoms with E-state index in [4.69, 9.17) is 0 Å². The highest BCUT2D eigenvalue weighted by molar-refractivity contribution is 7.89. The van der Waals surface area contributed by atoms with E-state index in [1.807, 2.05) is 25.2 Å². The van der Waals surface area contributed by atoms with E-state index < -0.39 is 10.0 Å². The second-order valence-corrected chi connectivity index (χ2v) is 12.1. The topological polar surface area (TPSA) is 49.7 Å². The van der Waals surface area contributed by atoms with E-state index >= 15 is 0 Å². The molecule has 5 heteroatoms. The van der Waals surface area contributed by atoms with Crippen molar-refractivity contribution in [2.75, 3.05) is 20.1 Å². The maximum absolute atomic E-state index is 13.6. The van der Waals surface area contributed by atoms with E-state index in [0.717, 1.165) is 37.0 Å². The first-order valence-electron chi connectivity index (χ1n) is 11.5. The zero-order chi connectivity index (χ0) is 23.0. The molecule has 1 atom stereocenters. The van der Waals surface area contributed by atoms with Crippen LogP contribution in [0.15, 0.2) is 76.1 Å². The minimum absolute atomic E-state index is 0.00646. The van der Waals surface area contributed by atoms with Crippen molar-refractivity contribution in [3.63, 3.8) is 0 Å². The van der Waals surface area contributed by atoms with Crippen LogP contribution in [0, 0.1) is 5.41 Å². The van der Waals surface area contributed by atoms with Crippen LogP contribution in [0.4, 0.5) is 0 Å². The summed E-state index contributed by atoms with van der Waals surface area (Å²) in [6.07, 6.45) is 5.65. The lowest BCUT2D eigenvalue weighted by Gasteiger charge is -2.46. The number of sulfonamides is 1. The highest BCUT2D eigenvalue weighted by Gasteiger charge is 2.44. The molecule has 2 aromatic carbocycles. The quantitative estimate of drug-likeness (QED) is 0.626. The van der Waals surface area contributed by atoms with Gasteiger partial charge in [-0.25, -0.2) is 8.42 Å². The number of aliphatic imine (C=N–C) groups is 1. The molecule has 4 nitrogen and oxygen atoms in total. The standard InChI is InChI=1S/C27H34N2O2S/c1-26(2,3)22-10-12-25(13-11-22)32(30,31)29-17-15-23-18-24(28-4)14-16-27(23,20-29)19-21-8-6-5-7-9-21/h5-13,18H,14-17,19-20H2,1-4H3/b28-24+. The maximum atomic E-state index is 13.6. The Balaban J connectivity index is 1.67. The van der Waals surface area contributed by atoms with Crippen LogP contribution in [-0.4, -0.2) is 38.6 Å². The Bertz CT molecular complexity index is 1130. The average molecular weight is 451 g/mol. The number of piperidine rings is 1. The number of hydrogen-bond donors (Lipinski definition) is 0. The second-order valence-electron chi connectivity index (χ2n) is 10.2. The smallest absolute Gasteiger partial charge is 0.243 e. The summed E-state index contributed by atoms with van der Waals surface area (Å²) in [5, 5.41) is 0. The minimum atomic E-state index is -3.55. The van der Waals surface area contributed by atoms with E-state index in [2.05, 4.69) is 56.1 Å². The summed E-state index contributed by atoms with van der Waals surface area (Å²) in [4.78, 5) is 4.82. The van der Waals surface area contributed by atoms with Gasteiger partial charge in [-0.2, -0.15) is 4.31 Å². The van der Waals surface area contributed by atoms with Crippen LogP contribution in [0.5, 0.6) is 0 Å². The number of allylic oxidation sites excluding steroid dienone is 1. The van der Waals surface area contributed by atoms with Gasteiger partial charge in [0.1, 0.15) is 0 Å². The Morgan fingerprint density at radius 3 is 2.31 bits per heavy atom. The fourth-order valence-electron chi connectivity index (χ4n) is 5.04. The van der Waals surface area contributed by atoms with Crippen LogP contribution in [-0.2, 0) is 21.9 Å². The van der Waals surface area contributed by atoms with Gasteiger partial charge in [-0.3, -0.25) is 4.99 Å². The highest BCUT2D eigenvalue weighted by Crippen LogP contribution is 2.46. The lowest BCUT2D eigenvalue weighted by atomic mass is 9.66. The largest absolute Gasteiger partial charge is 0.293 e. The van der Waals surface area contributed by atoms with Crippen molar-refractivity contribution in [3.05, 3.63) is 77.4 Å². The molecule has 0 spiro atoms. The lowest BCUT2D eigenvalue weighted by Crippen LogP contribution is -2.49. The second kappa shape index (κ2) is 8.60. The summed E-state index contributed by atoms with van der Waals surface area (Å²) >= 11 is 0. The van der Waals surface area contributed by atoms with Gasteiger partial charge in [-0.1, -0.05) is 68.8 Å². The van der Waals surface area contributed by atoms with Crippen molar-refractivity contribution in [1.82, 2.24) is 4.31 Å². The van der Waals surface area contributed by atoms with Crippen molar-refractivity contribution >= 4 is 15.7 Å². The maximum Gasteiger partial charge on any atom is 0.243 e. The third-order valence-electron chi connectivity index (χ3n) is 7.02. The molecule has 0 N–H and O–H groups in total. The predicted octanol–water partition coefficient (Wildman–Crippen LogP) is 5.40. The van der Waals surface area contributed by atoms with Crippen molar-refractivity contribution < 1.29 is 8.42 Å². The molecule has 0 amide bonds. The fourth-order valence-corrected chi connectivity index (χ4v) is 6.56. The third-order valence-corrected chi connectivity index (χ3v) is 8.88. The summed E-state index contributed by atoms with van der Waals surface area (Å²) < 4.78 is 29.0. The first-order chi connectivity index (χ1) is 15.1. The van der Waals surface area contributed by atoms with E-state index in [9.17, 15) is 8.42 Å². The van der Waals surface area contributed by atoms with E-state index in [0.29, 0.717) is 18.0 Å². The molecule has 4 rings (SSSR count). The first-order valence-corrected chi connectivity index (χ1v) is 12.9. The Morgan fingerprint density at radius 2 is 1.69 bits per heavy atom. The number of fused-ring (bicyclic) bond motifs is 1. The normalized spacial score (nSPS) is 23.6. The fraction of sp³-hybridized carbons (Fsp3) is 0.444. The van der Waals surface area contributed by atoms with Gasteiger partial charge in [0.2, 0.25) is 10.0 Å². The SMILES string of the molecule is C/N=C1/C=C2CCN(S(=O)(=O)c3ccc(C(C)(C)C)cc3)CC2(Cc2ccccc2)CC1. The van der Waals surface area contributed by atoms with E-state index in [1.165, 1.54) is 11.1 Å². The van der Waals surface area contributed by atoms with Crippen LogP contribution in [0.3, 0.4) is 0 Å². The number of rotatable bonds is 4. The zero-order valence-corrected chi connectivity index (χ0v) is 20.5.